The van der Waals surface area contributed by atoms with Crippen molar-refractivity contribution in [2.45, 2.75) is 58.2 Å². The largest absolute Gasteiger partial charge is 0.492 e. The Morgan fingerprint density at radius 1 is 0.947 bits per heavy atom. The zero-order valence-electron chi connectivity index (χ0n) is 22.6. The standard InChI is InChI=1S/C29H41N5O4/c1-19(2)26-29(37)33-24(18-30)27(35)32-13-7-11-22-10-4-5-12-25(22)38-15-14-31-23(28(36)34-26)17-21-9-6-8-20(3)16-21/h4-6,8-10,12,16,19,23-24,26,31H,7,11,13-15,17-18,30H2,1-3H3,(H,32,35)(H,33,37)(H,34,36)/t23-,24+,26-/m1/s1. The monoisotopic (exact) mass is 523 g/mol. The molecule has 3 amide bonds. The maximum absolute atomic E-state index is 13.5. The summed E-state index contributed by atoms with van der Waals surface area (Å²) in [6, 6.07) is 13.5. The summed E-state index contributed by atoms with van der Waals surface area (Å²) in [4.78, 5) is 39.4. The van der Waals surface area contributed by atoms with Gasteiger partial charge in [0, 0.05) is 19.6 Å². The van der Waals surface area contributed by atoms with Crippen LogP contribution in [0.5, 0.6) is 5.75 Å². The third kappa shape index (κ3) is 8.56. The fraction of sp³-hybridized carbons (Fsp3) is 0.483. The highest BCUT2D eigenvalue weighted by Crippen LogP contribution is 2.19. The van der Waals surface area contributed by atoms with Gasteiger partial charge >= 0.3 is 0 Å². The van der Waals surface area contributed by atoms with Crippen molar-refractivity contribution in [1.29, 1.82) is 0 Å². The van der Waals surface area contributed by atoms with E-state index in [1.165, 1.54) is 0 Å². The number of rotatable bonds is 4. The van der Waals surface area contributed by atoms with Crippen molar-refractivity contribution in [3.8, 4) is 5.75 Å². The molecule has 0 saturated heterocycles. The van der Waals surface area contributed by atoms with Crippen molar-refractivity contribution in [1.82, 2.24) is 21.3 Å². The molecule has 1 aliphatic heterocycles. The molecule has 206 valence electrons. The molecular formula is C29H41N5O4. The first kappa shape index (κ1) is 29.1. The van der Waals surface area contributed by atoms with Gasteiger partial charge in [-0.15, -0.1) is 0 Å². The van der Waals surface area contributed by atoms with Gasteiger partial charge in [0.15, 0.2) is 0 Å². The molecule has 1 heterocycles. The molecule has 6 N–H and O–H groups in total. The number of fused-ring (bicyclic) bond motifs is 1. The lowest BCUT2D eigenvalue weighted by Crippen LogP contribution is -2.59. The van der Waals surface area contributed by atoms with E-state index in [1.54, 1.807) is 0 Å². The maximum Gasteiger partial charge on any atom is 0.243 e. The summed E-state index contributed by atoms with van der Waals surface area (Å²) in [5.41, 5.74) is 8.98. The summed E-state index contributed by atoms with van der Waals surface area (Å²) in [5, 5.41) is 11.8. The highest BCUT2D eigenvalue weighted by atomic mass is 16.5. The molecule has 38 heavy (non-hydrogen) atoms. The first-order valence-corrected chi connectivity index (χ1v) is 13.4. The van der Waals surface area contributed by atoms with Crippen LogP contribution in [0.4, 0.5) is 0 Å². The Bertz CT molecular complexity index is 1090. The van der Waals surface area contributed by atoms with Crippen LogP contribution in [0.25, 0.3) is 0 Å². The van der Waals surface area contributed by atoms with Crippen LogP contribution in [0, 0.1) is 12.8 Å². The number of hydrogen-bond donors (Lipinski definition) is 5. The first-order valence-electron chi connectivity index (χ1n) is 13.4. The number of carbonyl (C=O) groups excluding carboxylic acids is 3. The van der Waals surface area contributed by atoms with Crippen LogP contribution >= 0.6 is 0 Å². The van der Waals surface area contributed by atoms with Crippen LogP contribution in [-0.2, 0) is 27.2 Å². The Hall–Kier alpha value is -3.43. The number of benzene rings is 2. The van der Waals surface area contributed by atoms with Gasteiger partial charge in [0.25, 0.3) is 0 Å². The molecule has 0 radical (unpaired) electrons. The summed E-state index contributed by atoms with van der Waals surface area (Å²) in [5.74, 6) is -0.500. The molecule has 0 saturated carbocycles. The van der Waals surface area contributed by atoms with E-state index in [-0.39, 0.29) is 24.3 Å². The third-order valence-electron chi connectivity index (χ3n) is 6.60. The van der Waals surface area contributed by atoms with Gasteiger partial charge in [0.2, 0.25) is 17.7 Å². The normalized spacial score (nSPS) is 22.2. The molecule has 2 aromatic carbocycles. The van der Waals surface area contributed by atoms with Gasteiger partial charge in [0.1, 0.15) is 24.4 Å². The fourth-order valence-corrected chi connectivity index (χ4v) is 4.47. The van der Waals surface area contributed by atoms with Crippen LogP contribution in [0.15, 0.2) is 48.5 Å². The molecule has 2 aromatic rings. The van der Waals surface area contributed by atoms with E-state index in [2.05, 4.69) is 21.3 Å². The second-order valence-electron chi connectivity index (χ2n) is 10.1. The minimum atomic E-state index is -0.892. The molecule has 0 spiro atoms. The van der Waals surface area contributed by atoms with Crippen molar-refractivity contribution in [3.63, 3.8) is 0 Å². The molecule has 9 heteroatoms. The second-order valence-corrected chi connectivity index (χ2v) is 10.1. The van der Waals surface area contributed by atoms with Crippen LogP contribution in [0.2, 0.25) is 0 Å². The number of aryl methyl sites for hydroxylation is 2. The summed E-state index contributed by atoms with van der Waals surface area (Å²) in [6.07, 6.45) is 1.88. The van der Waals surface area contributed by atoms with E-state index >= 15 is 0 Å². The number of hydrogen-bond acceptors (Lipinski definition) is 6. The lowest BCUT2D eigenvalue weighted by molar-refractivity contribution is -0.133. The number of para-hydroxylation sites is 1. The average molecular weight is 524 g/mol. The van der Waals surface area contributed by atoms with Gasteiger partial charge < -0.3 is 31.7 Å². The van der Waals surface area contributed by atoms with E-state index in [9.17, 15) is 14.4 Å². The summed E-state index contributed by atoms with van der Waals surface area (Å²) < 4.78 is 6.06. The van der Waals surface area contributed by atoms with Gasteiger partial charge in [-0.05, 0) is 49.3 Å². The number of carbonyl (C=O) groups is 3. The van der Waals surface area contributed by atoms with Crippen LogP contribution in [-0.4, -0.2) is 62.1 Å². The molecule has 0 fully saturated rings. The molecule has 9 nitrogen and oxygen atoms in total. The summed E-state index contributed by atoms with van der Waals surface area (Å²) >= 11 is 0. The van der Waals surface area contributed by atoms with Crippen molar-refractivity contribution in [3.05, 3.63) is 65.2 Å². The number of amides is 3. The Labute approximate surface area is 225 Å². The minimum Gasteiger partial charge on any atom is -0.492 e. The Morgan fingerprint density at radius 2 is 1.74 bits per heavy atom. The third-order valence-corrected chi connectivity index (χ3v) is 6.60. The molecular weight excluding hydrogens is 482 g/mol. The van der Waals surface area contributed by atoms with Crippen LogP contribution in [0.1, 0.15) is 37.0 Å². The molecule has 3 atom stereocenters. The van der Waals surface area contributed by atoms with E-state index < -0.39 is 24.0 Å². The fourth-order valence-electron chi connectivity index (χ4n) is 4.47. The van der Waals surface area contributed by atoms with Gasteiger partial charge in [-0.25, -0.2) is 0 Å². The van der Waals surface area contributed by atoms with Crippen LogP contribution in [0.3, 0.4) is 0 Å². The highest BCUT2D eigenvalue weighted by Gasteiger charge is 2.30. The zero-order chi connectivity index (χ0) is 27.5. The Kier molecular flexibility index (Phi) is 11.1. The molecule has 0 bridgehead atoms. The zero-order valence-corrected chi connectivity index (χ0v) is 22.6. The van der Waals surface area contributed by atoms with E-state index in [0.717, 1.165) is 28.9 Å². The molecule has 0 aromatic heterocycles. The quantitative estimate of drug-likeness (QED) is 0.409. The average Bonchev–Trinajstić information content (AvgIpc) is 2.89. The van der Waals surface area contributed by atoms with Gasteiger partial charge in [-0.3, -0.25) is 14.4 Å². The van der Waals surface area contributed by atoms with Crippen molar-refractivity contribution >= 4 is 17.7 Å². The smallest absolute Gasteiger partial charge is 0.243 e. The van der Waals surface area contributed by atoms with Crippen LogP contribution < -0.4 is 31.7 Å². The molecule has 0 unspecified atom stereocenters. The van der Waals surface area contributed by atoms with Gasteiger partial charge in [0.05, 0.1) is 6.04 Å². The van der Waals surface area contributed by atoms with E-state index in [0.29, 0.717) is 32.5 Å². The minimum absolute atomic E-state index is 0.0510. The number of ether oxygens (including phenoxy) is 1. The second kappa shape index (κ2) is 14.5. The lowest BCUT2D eigenvalue weighted by Gasteiger charge is -2.27. The number of nitrogens with one attached hydrogen (secondary N) is 4. The predicted molar refractivity (Wildman–Crippen MR) is 148 cm³/mol. The molecule has 0 aliphatic carbocycles. The highest BCUT2D eigenvalue weighted by molar-refractivity contribution is 5.93. The first-order chi connectivity index (χ1) is 18.3. The lowest BCUT2D eigenvalue weighted by atomic mass is 10.00. The van der Waals surface area contributed by atoms with E-state index in [1.807, 2.05) is 69.3 Å². The van der Waals surface area contributed by atoms with Crippen molar-refractivity contribution < 1.29 is 19.1 Å². The van der Waals surface area contributed by atoms with Crippen molar-refractivity contribution in [2.24, 2.45) is 11.7 Å². The summed E-state index contributed by atoms with van der Waals surface area (Å²) in [7, 11) is 0. The number of nitrogens with two attached hydrogens (primary N) is 1. The van der Waals surface area contributed by atoms with Crippen molar-refractivity contribution in [2.75, 3.05) is 26.2 Å². The molecule has 1 aliphatic rings. The SMILES string of the molecule is Cc1cccc(C[C@H]2NCCOc3ccccc3CCCNC(=O)[C@H](CN)NC(=O)[C@@H](C(C)C)NC2=O)c1. The molecule has 3 rings (SSSR count). The predicted octanol–water partition coefficient (Wildman–Crippen LogP) is 1.22. The summed E-state index contributed by atoms with van der Waals surface area (Å²) in [6.45, 7) is 6.91. The van der Waals surface area contributed by atoms with Gasteiger partial charge in [-0.1, -0.05) is 61.9 Å². The maximum atomic E-state index is 13.5. The topological polar surface area (TPSA) is 135 Å². The Morgan fingerprint density at radius 3 is 2.47 bits per heavy atom. The Balaban J connectivity index is 1.84. The van der Waals surface area contributed by atoms with Gasteiger partial charge in [-0.2, -0.15) is 0 Å². The van der Waals surface area contributed by atoms with E-state index in [4.69, 9.17) is 10.5 Å².